The van der Waals surface area contributed by atoms with E-state index in [0.717, 1.165) is 0 Å². The largest absolute Gasteiger partial charge is 0.110 e. The van der Waals surface area contributed by atoms with Gasteiger partial charge in [0.25, 0.3) is 0 Å². The summed E-state index contributed by atoms with van der Waals surface area (Å²) in [5, 5.41) is 1.51. The molecule has 0 aromatic rings. The molecule has 0 nitrogen and oxygen atoms in total. The molecule has 1 unspecified atom stereocenters. The van der Waals surface area contributed by atoms with E-state index in [9.17, 15) is 0 Å². The molecule has 0 saturated carbocycles. The summed E-state index contributed by atoms with van der Waals surface area (Å²) in [7, 11) is 2.77. The highest BCUT2D eigenvalue weighted by Crippen LogP contribution is 2.21. The monoisotopic (exact) mass is 114 g/mol. The van der Waals surface area contributed by atoms with Gasteiger partial charge in [-0.1, -0.05) is 11.4 Å². The Morgan fingerprint density at radius 1 is 1.43 bits per heavy atom. The molecule has 7 heavy (non-hydrogen) atoms. The maximum absolute atomic E-state index is 2.77. The van der Waals surface area contributed by atoms with Gasteiger partial charge in [-0.25, -0.2) is 0 Å². The molecule has 40 valence electrons. The van der Waals surface area contributed by atoms with Crippen molar-refractivity contribution < 1.29 is 0 Å². The lowest BCUT2D eigenvalue weighted by atomic mass is 10.1. The normalized spacial score (nSPS) is 21.6. The van der Waals surface area contributed by atoms with Crippen molar-refractivity contribution >= 4 is 9.24 Å². The predicted octanol–water partition coefficient (Wildman–Crippen LogP) is 2.32. The van der Waals surface area contributed by atoms with E-state index in [1.165, 1.54) is 31.0 Å². The third kappa shape index (κ3) is 1.61. The molecule has 0 radical (unpaired) electrons. The first-order chi connectivity index (χ1) is 3.39. The van der Waals surface area contributed by atoms with Crippen LogP contribution in [0.15, 0.2) is 11.4 Å². The van der Waals surface area contributed by atoms with Crippen LogP contribution in [0.1, 0.15) is 25.7 Å². The van der Waals surface area contributed by atoms with Gasteiger partial charge in [0, 0.05) is 0 Å². The minimum atomic E-state index is 1.30. The predicted molar refractivity (Wildman–Crippen MR) is 36.3 cm³/mol. The third-order valence-electron chi connectivity index (χ3n) is 1.33. The van der Waals surface area contributed by atoms with Gasteiger partial charge < -0.3 is 0 Å². The van der Waals surface area contributed by atoms with Crippen molar-refractivity contribution in [1.29, 1.82) is 0 Å². The van der Waals surface area contributed by atoms with Gasteiger partial charge in [-0.3, -0.25) is 0 Å². The molecule has 0 aliphatic heterocycles. The fourth-order valence-corrected chi connectivity index (χ4v) is 1.23. The summed E-state index contributed by atoms with van der Waals surface area (Å²) in [4.78, 5) is 0. The van der Waals surface area contributed by atoms with Gasteiger partial charge in [0.1, 0.15) is 0 Å². The summed E-state index contributed by atoms with van der Waals surface area (Å²) >= 11 is 0. The molecular weight excluding hydrogens is 103 g/mol. The molecule has 0 aromatic heterocycles. The van der Waals surface area contributed by atoms with Crippen LogP contribution in [0.3, 0.4) is 0 Å². The van der Waals surface area contributed by atoms with Crippen LogP contribution in [0, 0.1) is 0 Å². The van der Waals surface area contributed by atoms with Crippen LogP contribution in [0.4, 0.5) is 0 Å². The van der Waals surface area contributed by atoms with Crippen LogP contribution in [0.2, 0.25) is 0 Å². The van der Waals surface area contributed by atoms with Gasteiger partial charge in [-0.05, 0) is 25.7 Å². The Labute approximate surface area is 47.2 Å². The van der Waals surface area contributed by atoms with Crippen LogP contribution in [0.5, 0.6) is 0 Å². The molecule has 0 bridgehead atoms. The second-order valence-electron chi connectivity index (χ2n) is 2.02. The number of rotatable bonds is 0. The fraction of sp³-hybridized carbons (Fsp3) is 0.667. The van der Waals surface area contributed by atoms with E-state index < -0.39 is 0 Å². The lowest BCUT2D eigenvalue weighted by molar-refractivity contribution is 0.723. The highest BCUT2D eigenvalue weighted by atomic mass is 31.0. The van der Waals surface area contributed by atoms with E-state index in [0.29, 0.717) is 0 Å². The van der Waals surface area contributed by atoms with E-state index in [4.69, 9.17) is 0 Å². The first kappa shape index (κ1) is 5.31. The van der Waals surface area contributed by atoms with Gasteiger partial charge in [-0.2, -0.15) is 0 Å². The fourth-order valence-electron chi connectivity index (χ4n) is 0.863. The molecule has 0 fully saturated rings. The van der Waals surface area contributed by atoms with E-state index >= 15 is 0 Å². The summed E-state index contributed by atoms with van der Waals surface area (Å²) in [6.07, 6.45) is 7.73. The molecule has 0 aromatic carbocycles. The topological polar surface area (TPSA) is 0 Å². The van der Waals surface area contributed by atoms with Crippen LogP contribution >= 0.6 is 9.24 Å². The standard InChI is InChI=1S/C6H11P/c7-6-4-2-1-3-5-6/h4H,1-3,5,7H2. The first-order valence-corrected chi connectivity index (χ1v) is 3.42. The smallest absolute Gasteiger partial charge is 0.0283 e. The van der Waals surface area contributed by atoms with Crippen molar-refractivity contribution in [1.82, 2.24) is 0 Å². The van der Waals surface area contributed by atoms with Gasteiger partial charge in [0.15, 0.2) is 0 Å². The zero-order valence-corrected chi connectivity index (χ0v) is 5.64. The zero-order valence-electron chi connectivity index (χ0n) is 4.48. The Hall–Kier alpha value is 0.170. The summed E-state index contributed by atoms with van der Waals surface area (Å²) < 4.78 is 0. The molecule has 1 heteroatoms. The van der Waals surface area contributed by atoms with Gasteiger partial charge in [0.05, 0.1) is 0 Å². The van der Waals surface area contributed by atoms with E-state index in [1.807, 2.05) is 0 Å². The SMILES string of the molecule is PC1=CCCCC1. The molecule has 1 aliphatic rings. The summed E-state index contributed by atoms with van der Waals surface area (Å²) in [5.74, 6) is 0. The minimum absolute atomic E-state index is 1.30. The molecule has 1 atom stereocenters. The van der Waals surface area contributed by atoms with Crippen LogP contribution in [-0.2, 0) is 0 Å². The molecule has 1 aliphatic carbocycles. The molecular formula is C6H11P. The van der Waals surface area contributed by atoms with Crippen molar-refractivity contribution in [3.8, 4) is 0 Å². The average Bonchev–Trinajstić information content (AvgIpc) is 1.69. The van der Waals surface area contributed by atoms with E-state index in [2.05, 4.69) is 15.3 Å². The Balaban J connectivity index is 2.40. The van der Waals surface area contributed by atoms with E-state index in [1.54, 1.807) is 0 Å². The van der Waals surface area contributed by atoms with Crippen LogP contribution < -0.4 is 0 Å². The quantitative estimate of drug-likeness (QED) is 0.424. The second kappa shape index (κ2) is 2.47. The van der Waals surface area contributed by atoms with Crippen molar-refractivity contribution in [2.45, 2.75) is 25.7 Å². The highest BCUT2D eigenvalue weighted by Gasteiger charge is 1.95. The molecule has 0 saturated heterocycles. The minimum Gasteiger partial charge on any atom is -0.110 e. The van der Waals surface area contributed by atoms with Crippen LogP contribution in [0.25, 0.3) is 0 Å². The maximum atomic E-state index is 2.77. The van der Waals surface area contributed by atoms with E-state index in [-0.39, 0.29) is 0 Å². The lowest BCUT2D eigenvalue weighted by Crippen LogP contribution is -1.82. The number of hydrogen-bond donors (Lipinski definition) is 0. The Morgan fingerprint density at radius 2 is 2.29 bits per heavy atom. The van der Waals surface area contributed by atoms with Crippen molar-refractivity contribution in [2.75, 3.05) is 0 Å². The Bertz CT molecular complexity index is 84.2. The van der Waals surface area contributed by atoms with Gasteiger partial charge in [-0.15, -0.1) is 9.24 Å². The van der Waals surface area contributed by atoms with Crippen molar-refractivity contribution in [2.24, 2.45) is 0 Å². The Kier molecular flexibility index (Phi) is 1.87. The average molecular weight is 114 g/mol. The maximum Gasteiger partial charge on any atom is -0.0283 e. The van der Waals surface area contributed by atoms with Gasteiger partial charge in [0.2, 0.25) is 0 Å². The number of hydrogen-bond acceptors (Lipinski definition) is 0. The summed E-state index contributed by atoms with van der Waals surface area (Å²) in [5.41, 5.74) is 0. The summed E-state index contributed by atoms with van der Waals surface area (Å²) in [6.45, 7) is 0. The molecule has 0 amide bonds. The van der Waals surface area contributed by atoms with Crippen molar-refractivity contribution in [3.63, 3.8) is 0 Å². The van der Waals surface area contributed by atoms with Crippen molar-refractivity contribution in [3.05, 3.63) is 11.4 Å². The molecule has 1 rings (SSSR count). The molecule has 0 N–H and O–H groups in total. The molecule has 0 spiro atoms. The van der Waals surface area contributed by atoms with Gasteiger partial charge >= 0.3 is 0 Å². The lowest BCUT2D eigenvalue weighted by Gasteiger charge is -2.05. The second-order valence-corrected chi connectivity index (χ2v) is 2.77. The first-order valence-electron chi connectivity index (χ1n) is 2.84. The highest BCUT2D eigenvalue weighted by molar-refractivity contribution is 7.22. The zero-order chi connectivity index (χ0) is 5.11. The molecule has 0 heterocycles. The van der Waals surface area contributed by atoms with Crippen LogP contribution in [-0.4, -0.2) is 0 Å². The number of allylic oxidation sites excluding steroid dienone is 2. The Morgan fingerprint density at radius 3 is 2.57 bits per heavy atom. The summed E-state index contributed by atoms with van der Waals surface area (Å²) in [6, 6.07) is 0. The third-order valence-corrected chi connectivity index (χ3v) is 1.85.